The van der Waals surface area contributed by atoms with Crippen LogP contribution in [-0.4, -0.2) is 29.3 Å². The van der Waals surface area contributed by atoms with Crippen molar-refractivity contribution in [1.82, 2.24) is 0 Å². The van der Waals surface area contributed by atoms with Gasteiger partial charge < -0.3 is 10.2 Å². The first-order valence-corrected chi connectivity index (χ1v) is 6.13. The van der Waals surface area contributed by atoms with Crippen molar-refractivity contribution in [2.24, 2.45) is 0 Å². The van der Waals surface area contributed by atoms with Gasteiger partial charge in [0.25, 0.3) is 10.1 Å². The largest absolute Gasteiger partial charge is 0.503 e. The standard InChI is InChI=1S/C10H8O3S.CH2O3/c11-14(12,13)10-6-5-8-3-1-2-4-9(8)7-10;2-1(3)4/h1-7H,(H,11,12,13);(H2,2,3,4). The second kappa shape index (κ2) is 5.48. The Morgan fingerprint density at radius 1 is 0.944 bits per heavy atom. The van der Waals surface area contributed by atoms with E-state index in [9.17, 15) is 8.42 Å². The first-order valence-electron chi connectivity index (χ1n) is 4.69. The molecule has 0 heterocycles. The fourth-order valence-electron chi connectivity index (χ4n) is 1.33. The Morgan fingerprint density at radius 3 is 1.94 bits per heavy atom. The van der Waals surface area contributed by atoms with Gasteiger partial charge in [-0.15, -0.1) is 0 Å². The minimum atomic E-state index is -4.09. The van der Waals surface area contributed by atoms with E-state index in [1.54, 1.807) is 12.1 Å². The van der Waals surface area contributed by atoms with Crippen LogP contribution < -0.4 is 0 Å². The molecule has 7 heteroatoms. The predicted octanol–water partition coefficient (Wildman–Crippen LogP) is 2.31. The molecular formula is C11H10O6S. The second-order valence-corrected chi connectivity index (χ2v) is 4.69. The van der Waals surface area contributed by atoms with Crippen molar-refractivity contribution in [1.29, 1.82) is 0 Å². The zero-order chi connectivity index (χ0) is 13.8. The summed E-state index contributed by atoms with van der Waals surface area (Å²) < 4.78 is 30.5. The molecule has 0 saturated carbocycles. The van der Waals surface area contributed by atoms with Crippen LogP contribution in [0.4, 0.5) is 4.79 Å². The maximum absolute atomic E-state index is 10.8. The molecule has 18 heavy (non-hydrogen) atoms. The Kier molecular flexibility index (Phi) is 4.24. The van der Waals surface area contributed by atoms with Gasteiger partial charge in [-0.1, -0.05) is 30.3 Å². The van der Waals surface area contributed by atoms with Gasteiger partial charge in [-0.3, -0.25) is 4.55 Å². The molecule has 0 fully saturated rings. The topological polar surface area (TPSA) is 112 Å². The van der Waals surface area contributed by atoms with Gasteiger partial charge in [0, 0.05) is 0 Å². The molecule has 2 aromatic carbocycles. The Bertz CT molecular complexity index is 658. The van der Waals surface area contributed by atoms with Gasteiger partial charge in [0.15, 0.2) is 0 Å². The summed E-state index contributed by atoms with van der Waals surface area (Å²) in [5, 5.41) is 15.7. The minimum Gasteiger partial charge on any atom is -0.450 e. The summed E-state index contributed by atoms with van der Waals surface area (Å²) in [5.74, 6) is 0. The van der Waals surface area contributed by atoms with E-state index in [1.807, 2.05) is 18.2 Å². The van der Waals surface area contributed by atoms with Gasteiger partial charge in [0.05, 0.1) is 4.90 Å². The fraction of sp³-hybridized carbons (Fsp3) is 0. The first-order chi connectivity index (χ1) is 8.30. The van der Waals surface area contributed by atoms with E-state index < -0.39 is 16.3 Å². The third kappa shape index (κ3) is 4.04. The van der Waals surface area contributed by atoms with Crippen LogP contribution in [0.2, 0.25) is 0 Å². The average Bonchev–Trinajstić information content (AvgIpc) is 2.26. The molecule has 0 saturated heterocycles. The van der Waals surface area contributed by atoms with E-state index in [4.69, 9.17) is 19.6 Å². The van der Waals surface area contributed by atoms with Crippen LogP contribution in [0.1, 0.15) is 0 Å². The maximum atomic E-state index is 10.8. The number of fused-ring (bicyclic) bond motifs is 1. The van der Waals surface area contributed by atoms with Crippen LogP contribution in [0, 0.1) is 0 Å². The number of rotatable bonds is 1. The van der Waals surface area contributed by atoms with Gasteiger partial charge in [-0.25, -0.2) is 4.79 Å². The lowest BCUT2D eigenvalue weighted by atomic mass is 10.1. The van der Waals surface area contributed by atoms with Crippen molar-refractivity contribution in [3.63, 3.8) is 0 Å². The molecule has 0 unspecified atom stereocenters. The van der Waals surface area contributed by atoms with Crippen molar-refractivity contribution in [3.05, 3.63) is 42.5 Å². The highest BCUT2D eigenvalue weighted by atomic mass is 32.2. The van der Waals surface area contributed by atoms with Gasteiger partial charge in [0.1, 0.15) is 0 Å². The Balaban J connectivity index is 0.000000357. The van der Waals surface area contributed by atoms with Crippen LogP contribution in [0.5, 0.6) is 0 Å². The van der Waals surface area contributed by atoms with Gasteiger partial charge in [0.2, 0.25) is 0 Å². The Morgan fingerprint density at radius 2 is 1.44 bits per heavy atom. The van der Waals surface area contributed by atoms with Crippen LogP contribution in [-0.2, 0) is 10.1 Å². The van der Waals surface area contributed by atoms with Gasteiger partial charge in [-0.2, -0.15) is 8.42 Å². The zero-order valence-electron chi connectivity index (χ0n) is 9.02. The van der Waals surface area contributed by atoms with Gasteiger partial charge >= 0.3 is 6.16 Å². The predicted molar refractivity (Wildman–Crippen MR) is 64.4 cm³/mol. The molecule has 3 N–H and O–H groups in total. The molecule has 6 nitrogen and oxygen atoms in total. The molecule has 0 spiro atoms. The quantitative estimate of drug-likeness (QED) is 0.685. The minimum absolute atomic E-state index is 0.0730. The molecule has 0 aliphatic rings. The lowest BCUT2D eigenvalue weighted by Gasteiger charge is -1.99. The average molecular weight is 270 g/mol. The number of carbonyl (C=O) groups is 1. The third-order valence-electron chi connectivity index (χ3n) is 2.02. The molecule has 0 amide bonds. The molecule has 0 bridgehead atoms. The molecule has 0 radical (unpaired) electrons. The van der Waals surface area contributed by atoms with E-state index in [1.165, 1.54) is 12.1 Å². The fourth-order valence-corrected chi connectivity index (χ4v) is 1.84. The number of hydrogen-bond donors (Lipinski definition) is 3. The number of benzene rings is 2. The lowest BCUT2D eigenvalue weighted by Crippen LogP contribution is -1.97. The van der Waals surface area contributed by atoms with Crippen LogP contribution >= 0.6 is 0 Å². The number of hydrogen-bond acceptors (Lipinski definition) is 3. The maximum Gasteiger partial charge on any atom is 0.503 e. The lowest BCUT2D eigenvalue weighted by molar-refractivity contribution is 0.137. The summed E-state index contributed by atoms with van der Waals surface area (Å²) in [6, 6.07) is 11.9. The molecular weight excluding hydrogens is 260 g/mol. The normalized spacial score (nSPS) is 10.5. The SMILES string of the molecule is O=C(O)O.O=S(=O)(O)c1ccc2ccccc2c1. The molecule has 0 atom stereocenters. The van der Waals surface area contributed by atoms with E-state index in [2.05, 4.69) is 0 Å². The zero-order valence-corrected chi connectivity index (χ0v) is 9.83. The first kappa shape index (κ1) is 13.9. The van der Waals surface area contributed by atoms with Crippen molar-refractivity contribution in [2.45, 2.75) is 4.90 Å². The van der Waals surface area contributed by atoms with Gasteiger partial charge in [-0.05, 0) is 22.9 Å². The van der Waals surface area contributed by atoms with Crippen molar-refractivity contribution in [2.75, 3.05) is 0 Å². The summed E-state index contributed by atoms with van der Waals surface area (Å²) >= 11 is 0. The van der Waals surface area contributed by atoms with E-state index >= 15 is 0 Å². The third-order valence-corrected chi connectivity index (χ3v) is 2.87. The molecule has 0 aromatic heterocycles. The molecule has 0 aliphatic heterocycles. The highest BCUT2D eigenvalue weighted by molar-refractivity contribution is 7.85. The summed E-state index contributed by atoms with van der Waals surface area (Å²) in [4.78, 5) is 8.48. The summed E-state index contributed by atoms with van der Waals surface area (Å²) in [6.45, 7) is 0. The van der Waals surface area contributed by atoms with Crippen LogP contribution in [0.3, 0.4) is 0 Å². The summed E-state index contributed by atoms with van der Waals surface area (Å²) in [5.41, 5.74) is 0. The second-order valence-electron chi connectivity index (χ2n) is 3.27. The molecule has 96 valence electrons. The van der Waals surface area contributed by atoms with Crippen molar-refractivity contribution >= 4 is 27.0 Å². The number of carboxylic acid groups (broad SMARTS) is 2. The molecule has 2 aromatic rings. The Labute approximate surface area is 103 Å². The van der Waals surface area contributed by atoms with Crippen molar-refractivity contribution in [3.8, 4) is 0 Å². The summed E-state index contributed by atoms with van der Waals surface area (Å²) in [7, 11) is -4.09. The summed E-state index contributed by atoms with van der Waals surface area (Å²) in [6.07, 6.45) is -1.83. The van der Waals surface area contributed by atoms with E-state index in [-0.39, 0.29) is 4.90 Å². The molecule has 2 rings (SSSR count). The monoisotopic (exact) mass is 270 g/mol. The smallest absolute Gasteiger partial charge is 0.450 e. The van der Waals surface area contributed by atoms with Crippen molar-refractivity contribution < 1.29 is 28.0 Å². The van der Waals surface area contributed by atoms with E-state index in [0.717, 1.165) is 10.8 Å². The van der Waals surface area contributed by atoms with Crippen LogP contribution in [0.25, 0.3) is 10.8 Å². The molecule has 0 aliphatic carbocycles. The Hall–Kier alpha value is -2.12. The highest BCUT2D eigenvalue weighted by Crippen LogP contribution is 2.18. The van der Waals surface area contributed by atoms with E-state index in [0.29, 0.717) is 0 Å². The highest BCUT2D eigenvalue weighted by Gasteiger charge is 2.08. The van der Waals surface area contributed by atoms with Crippen LogP contribution in [0.15, 0.2) is 47.4 Å².